The van der Waals surface area contributed by atoms with Crippen molar-refractivity contribution in [2.45, 2.75) is 118 Å². The van der Waals surface area contributed by atoms with Crippen LogP contribution in [0.15, 0.2) is 24.3 Å². The van der Waals surface area contributed by atoms with Crippen molar-refractivity contribution < 1.29 is 83.4 Å². The highest BCUT2D eigenvalue weighted by atomic mass is 19.4. The summed E-state index contributed by atoms with van der Waals surface area (Å²) in [6, 6.07) is 1.30. The van der Waals surface area contributed by atoms with Crippen LogP contribution in [0, 0.1) is 11.8 Å². The minimum absolute atomic E-state index is 0.0100. The maximum Gasteiger partial charge on any atom is 0.460 e. The summed E-state index contributed by atoms with van der Waals surface area (Å²) in [5.41, 5.74) is -2.12. The van der Waals surface area contributed by atoms with E-state index in [0.717, 1.165) is 44.9 Å². The molecule has 0 atom stereocenters. The van der Waals surface area contributed by atoms with Crippen molar-refractivity contribution in [1.82, 2.24) is 0 Å². The lowest BCUT2D eigenvalue weighted by atomic mass is 9.78. The number of unbranched alkanes of at least 4 members (excludes halogenated alkanes) is 1. The first-order chi connectivity index (χ1) is 20.5. The highest BCUT2D eigenvalue weighted by Crippen LogP contribution is 2.66. The van der Waals surface area contributed by atoms with E-state index in [-0.39, 0.29) is 30.0 Å². The summed E-state index contributed by atoms with van der Waals surface area (Å²) in [6.07, 6.45) is -0.659. The van der Waals surface area contributed by atoms with E-state index >= 15 is 0 Å². The van der Waals surface area contributed by atoms with Gasteiger partial charge in [0.25, 0.3) is 0 Å². The summed E-state index contributed by atoms with van der Waals surface area (Å²) in [7, 11) is 0. The lowest BCUT2D eigenvalue weighted by Gasteiger charge is -2.43. The van der Waals surface area contributed by atoms with E-state index in [1.807, 2.05) is 6.92 Å². The number of aryl methyl sites for hydroxylation is 1. The number of alkyl halides is 19. The molecule has 46 heavy (non-hydrogen) atoms. The van der Waals surface area contributed by atoms with E-state index in [1.54, 1.807) is 0 Å². The molecular weight excluding hydrogens is 685 g/mol. The van der Waals surface area contributed by atoms with Gasteiger partial charge in [0.15, 0.2) is 0 Å². The molecule has 1 aromatic rings. The zero-order chi connectivity index (χ0) is 36.0. The van der Waals surface area contributed by atoms with Crippen LogP contribution in [0.2, 0.25) is 0 Å². The summed E-state index contributed by atoms with van der Waals surface area (Å²) in [5.74, 6) is -65.9. The normalized spacial score (nSPS) is 20.3. The fourth-order valence-electron chi connectivity index (χ4n) is 5.10. The number of rotatable bonds is 14. The maximum atomic E-state index is 14.5. The van der Waals surface area contributed by atoms with E-state index in [4.69, 9.17) is 0 Å². The van der Waals surface area contributed by atoms with Crippen LogP contribution in [0.25, 0.3) is 0 Å². The van der Waals surface area contributed by atoms with Gasteiger partial charge in [-0.05, 0) is 30.2 Å². The van der Waals surface area contributed by atoms with Gasteiger partial charge in [0.05, 0.1) is 0 Å². The van der Waals surface area contributed by atoms with Gasteiger partial charge >= 0.3 is 53.6 Å². The quantitative estimate of drug-likeness (QED) is 0.169. The van der Waals surface area contributed by atoms with Crippen molar-refractivity contribution in [2.75, 3.05) is 0 Å². The largest absolute Gasteiger partial charge is 0.460 e. The zero-order valence-electron chi connectivity index (χ0n) is 23.5. The SMILES string of the molecule is CCCC[C@H]1CC[C@H](CCc2ccc(C(F)(F)C(F)(F)C(F)(F)C(F)(F)C(F)(F)C(F)(F)C(F)(F)C(F)(F)C(F)(F)F)cc2)CC1. The van der Waals surface area contributed by atoms with Crippen LogP contribution in [0.4, 0.5) is 83.4 Å². The average Bonchev–Trinajstić information content (AvgIpc) is 2.94. The molecule has 19 heteroatoms. The van der Waals surface area contributed by atoms with Gasteiger partial charge in [-0.1, -0.05) is 76.1 Å². The van der Waals surface area contributed by atoms with E-state index in [0.29, 0.717) is 24.5 Å². The molecule has 0 nitrogen and oxygen atoms in total. The van der Waals surface area contributed by atoms with Crippen molar-refractivity contribution in [3.8, 4) is 0 Å². The Hall–Kier alpha value is -2.11. The maximum absolute atomic E-state index is 14.5. The molecule has 0 spiro atoms. The highest BCUT2D eigenvalue weighted by Gasteiger charge is 2.96. The van der Waals surface area contributed by atoms with Crippen LogP contribution in [0.3, 0.4) is 0 Å². The van der Waals surface area contributed by atoms with Crippen molar-refractivity contribution in [3.05, 3.63) is 35.4 Å². The Morgan fingerprint density at radius 3 is 1.20 bits per heavy atom. The lowest BCUT2D eigenvalue weighted by molar-refractivity contribution is -0.469. The number of benzene rings is 1. The van der Waals surface area contributed by atoms with Gasteiger partial charge in [-0.2, -0.15) is 83.4 Å². The molecule has 0 aromatic heterocycles. The monoisotopic (exact) mass is 712 g/mol. The Balaban J connectivity index is 2.33. The Bertz CT molecular complexity index is 1140. The van der Waals surface area contributed by atoms with E-state index in [1.165, 1.54) is 0 Å². The smallest absolute Gasteiger partial charge is 0.194 e. The van der Waals surface area contributed by atoms with Crippen molar-refractivity contribution >= 4 is 0 Å². The molecule has 0 unspecified atom stereocenters. The second-order valence-electron chi connectivity index (χ2n) is 11.4. The Morgan fingerprint density at radius 2 is 0.826 bits per heavy atom. The van der Waals surface area contributed by atoms with Crippen LogP contribution >= 0.6 is 0 Å². The molecule has 1 saturated carbocycles. The third-order valence-corrected chi connectivity index (χ3v) is 8.21. The van der Waals surface area contributed by atoms with Crippen LogP contribution in [-0.2, 0) is 12.3 Å². The topological polar surface area (TPSA) is 0 Å². The van der Waals surface area contributed by atoms with E-state index in [2.05, 4.69) is 0 Å². The predicted octanol–water partition coefficient (Wildman–Crippen LogP) is 11.7. The molecule has 1 aliphatic rings. The van der Waals surface area contributed by atoms with Gasteiger partial charge in [0.1, 0.15) is 0 Å². The Morgan fingerprint density at radius 1 is 0.478 bits per heavy atom. The lowest BCUT2D eigenvalue weighted by Crippen LogP contribution is -2.75. The van der Waals surface area contributed by atoms with Crippen molar-refractivity contribution in [2.24, 2.45) is 11.8 Å². The fourth-order valence-corrected chi connectivity index (χ4v) is 5.10. The molecule has 0 N–H and O–H groups in total. The minimum atomic E-state index is -8.92. The molecular formula is C27H27F19. The summed E-state index contributed by atoms with van der Waals surface area (Å²) < 4.78 is 258. The standard InChI is InChI=1S/C27H27F19/c1-2-3-4-15-5-7-16(8-6-15)9-10-17-11-13-18(14-12-17)19(28,29)20(30,31)21(32,33)22(34,35)23(36,37)24(38,39)25(40,41)26(42,43)27(44,45)46/h11-16H,2-10H2,1H3/t15-,16-. The molecule has 1 aliphatic carbocycles. The van der Waals surface area contributed by atoms with Gasteiger partial charge < -0.3 is 0 Å². The number of hydrogen-bond acceptors (Lipinski definition) is 0. The molecule has 1 fully saturated rings. The van der Waals surface area contributed by atoms with Crippen LogP contribution < -0.4 is 0 Å². The number of halogens is 19. The van der Waals surface area contributed by atoms with Crippen LogP contribution in [-0.4, -0.2) is 47.6 Å². The molecule has 0 amide bonds. The molecule has 268 valence electrons. The van der Waals surface area contributed by atoms with Gasteiger partial charge in [0, 0.05) is 5.56 Å². The summed E-state index contributed by atoms with van der Waals surface area (Å²) in [5, 5.41) is 0. The summed E-state index contributed by atoms with van der Waals surface area (Å²) in [6.45, 7) is 2.04. The second-order valence-corrected chi connectivity index (χ2v) is 11.4. The van der Waals surface area contributed by atoms with Crippen molar-refractivity contribution in [1.29, 1.82) is 0 Å². The van der Waals surface area contributed by atoms with E-state index < -0.39 is 59.1 Å². The molecule has 1 aromatic carbocycles. The first kappa shape index (κ1) is 40.1. The molecule has 0 aliphatic heterocycles. The highest BCUT2D eigenvalue weighted by molar-refractivity contribution is 5.30. The van der Waals surface area contributed by atoms with Gasteiger partial charge in [0.2, 0.25) is 0 Å². The third kappa shape index (κ3) is 6.37. The summed E-state index contributed by atoms with van der Waals surface area (Å²) >= 11 is 0. The molecule has 0 saturated heterocycles. The van der Waals surface area contributed by atoms with Crippen molar-refractivity contribution in [3.63, 3.8) is 0 Å². The fraction of sp³-hybridized carbons (Fsp3) is 0.778. The van der Waals surface area contributed by atoms with E-state index in [9.17, 15) is 83.4 Å². The molecule has 2 rings (SSSR count). The van der Waals surface area contributed by atoms with Gasteiger partial charge in [-0.25, -0.2) is 0 Å². The zero-order valence-corrected chi connectivity index (χ0v) is 23.5. The van der Waals surface area contributed by atoms with Gasteiger partial charge in [-0.3, -0.25) is 0 Å². The first-order valence-electron chi connectivity index (χ1n) is 13.7. The summed E-state index contributed by atoms with van der Waals surface area (Å²) in [4.78, 5) is 0. The van der Waals surface area contributed by atoms with Crippen LogP contribution in [0.1, 0.15) is 69.4 Å². The van der Waals surface area contributed by atoms with Gasteiger partial charge in [-0.15, -0.1) is 0 Å². The molecule has 0 radical (unpaired) electrons. The first-order valence-corrected chi connectivity index (χ1v) is 13.7. The predicted molar refractivity (Wildman–Crippen MR) is 124 cm³/mol. The second kappa shape index (κ2) is 12.7. The molecule has 0 heterocycles. The number of hydrogen-bond donors (Lipinski definition) is 0. The minimum Gasteiger partial charge on any atom is -0.194 e. The average molecular weight is 712 g/mol. The molecule has 0 bridgehead atoms. The van der Waals surface area contributed by atoms with Crippen LogP contribution in [0.5, 0.6) is 0 Å². The Kier molecular flexibility index (Phi) is 11.1. The Labute approximate surface area is 249 Å². The third-order valence-electron chi connectivity index (χ3n) is 8.21.